The number of amides is 1. The van der Waals surface area contributed by atoms with Gasteiger partial charge in [0.1, 0.15) is 25.2 Å². The van der Waals surface area contributed by atoms with Crippen molar-refractivity contribution in [3.05, 3.63) is 88.1 Å². The highest BCUT2D eigenvalue weighted by atomic mass is 19.1. The van der Waals surface area contributed by atoms with E-state index in [4.69, 9.17) is 13.6 Å². The molecule has 1 aliphatic heterocycles. The van der Waals surface area contributed by atoms with Gasteiger partial charge in [-0.1, -0.05) is 12.1 Å². The molecule has 0 aliphatic carbocycles. The van der Waals surface area contributed by atoms with Crippen LogP contribution in [0.4, 0.5) is 4.39 Å². The van der Waals surface area contributed by atoms with Crippen molar-refractivity contribution in [1.82, 2.24) is 4.90 Å². The van der Waals surface area contributed by atoms with Crippen LogP contribution in [-0.2, 0) is 13.2 Å². The Balaban J connectivity index is 1.29. The van der Waals surface area contributed by atoms with E-state index >= 15 is 0 Å². The predicted molar refractivity (Wildman–Crippen MR) is 105 cm³/mol. The SMILES string of the molecule is O=C(c1ccco1)N1CC[NH+](Cc2cc(=O)c(OCc3ccc(F)cc3)co2)CC1. The van der Waals surface area contributed by atoms with Crippen molar-refractivity contribution >= 4 is 5.91 Å². The van der Waals surface area contributed by atoms with Crippen LogP contribution < -0.4 is 15.1 Å². The Kier molecular flexibility index (Phi) is 5.94. The Labute approximate surface area is 172 Å². The number of carbonyl (C=O) groups excluding carboxylic acids is 1. The minimum absolute atomic E-state index is 0.103. The van der Waals surface area contributed by atoms with Gasteiger partial charge >= 0.3 is 0 Å². The summed E-state index contributed by atoms with van der Waals surface area (Å²) in [6, 6.07) is 10.7. The van der Waals surface area contributed by atoms with E-state index in [1.165, 1.54) is 35.6 Å². The van der Waals surface area contributed by atoms with E-state index in [-0.39, 0.29) is 29.5 Å². The zero-order valence-corrected chi connectivity index (χ0v) is 16.3. The predicted octanol–water partition coefficient (Wildman–Crippen LogP) is 1.49. The first-order chi connectivity index (χ1) is 14.6. The number of furan rings is 1. The third-order valence-electron chi connectivity index (χ3n) is 5.07. The molecule has 1 aromatic carbocycles. The highest BCUT2D eigenvalue weighted by Gasteiger charge is 2.26. The minimum atomic E-state index is -0.323. The standard InChI is InChI=1S/C22H21FN2O5/c23-17-5-3-16(4-6-17)14-30-21-15-29-18(12-19(21)26)13-24-7-9-25(10-8-24)22(27)20-2-1-11-28-20/h1-6,11-12,15H,7-10,13-14H2/p+1. The third kappa shape index (κ3) is 4.77. The fourth-order valence-corrected chi connectivity index (χ4v) is 3.38. The zero-order valence-electron chi connectivity index (χ0n) is 16.3. The first-order valence-electron chi connectivity index (χ1n) is 9.74. The van der Waals surface area contributed by atoms with E-state index in [1.807, 2.05) is 0 Å². The van der Waals surface area contributed by atoms with Crippen LogP contribution in [0.5, 0.6) is 5.75 Å². The molecule has 0 saturated carbocycles. The molecule has 1 fully saturated rings. The number of hydrogen-bond acceptors (Lipinski definition) is 5. The summed E-state index contributed by atoms with van der Waals surface area (Å²) in [5, 5.41) is 0. The van der Waals surface area contributed by atoms with E-state index < -0.39 is 0 Å². The first kappa shape index (κ1) is 19.9. The number of benzene rings is 1. The van der Waals surface area contributed by atoms with E-state index in [2.05, 4.69) is 0 Å². The van der Waals surface area contributed by atoms with Gasteiger partial charge < -0.3 is 23.4 Å². The number of nitrogens with zero attached hydrogens (tertiary/aromatic N) is 1. The van der Waals surface area contributed by atoms with Gasteiger partial charge in [-0.25, -0.2) is 4.39 Å². The molecule has 3 aromatic rings. The van der Waals surface area contributed by atoms with Gasteiger partial charge in [-0.3, -0.25) is 9.59 Å². The lowest BCUT2D eigenvalue weighted by Crippen LogP contribution is -3.13. The van der Waals surface area contributed by atoms with E-state index in [1.54, 1.807) is 29.2 Å². The molecular weight excluding hydrogens is 391 g/mol. The average molecular weight is 413 g/mol. The Hall–Kier alpha value is -3.39. The monoisotopic (exact) mass is 413 g/mol. The number of nitrogens with one attached hydrogen (secondary N) is 1. The largest absolute Gasteiger partial charge is 0.482 e. The average Bonchev–Trinajstić information content (AvgIpc) is 3.29. The van der Waals surface area contributed by atoms with Gasteiger partial charge in [0.2, 0.25) is 11.2 Å². The van der Waals surface area contributed by atoms with Crippen molar-refractivity contribution < 1.29 is 27.7 Å². The van der Waals surface area contributed by atoms with Gasteiger partial charge in [0.15, 0.2) is 11.5 Å². The van der Waals surface area contributed by atoms with Crippen LogP contribution in [0.2, 0.25) is 0 Å². The molecule has 30 heavy (non-hydrogen) atoms. The topological polar surface area (TPSA) is 77.3 Å². The number of rotatable bonds is 6. The molecule has 0 bridgehead atoms. The number of halogens is 1. The van der Waals surface area contributed by atoms with E-state index in [0.717, 1.165) is 18.7 Å². The number of piperazine rings is 1. The lowest BCUT2D eigenvalue weighted by Gasteiger charge is -2.31. The van der Waals surface area contributed by atoms with Gasteiger partial charge in [0.05, 0.1) is 32.4 Å². The van der Waals surface area contributed by atoms with Gasteiger partial charge in [-0.15, -0.1) is 0 Å². The van der Waals surface area contributed by atoms with Gasteiger partial charge in [-0.05, 0) is 29.8 Å². The molecule has 7 nitrogen and oxygen atoms in total. The minimum Gasteiger partial charge on any atom is -0.482 e. The van der Waals surface area contributed by atoms with Crippen LogP contribution in [0.15, 0.2) is 68.6 Å². The maximum atomic E-state index is 12.9. The van der Waals surface area contributed by atoms with Crippen molar-refractivity contribution in [3.8, 4) is 5.75 Å². The van der Waals surface area contributed by atoms with Gasteiger partial charge in [-0.2, -0.15) is 0 Å². The van der Waals surface area contributed by atoms with E-state index in [0.29, 0.717) is 31.2 Å². The Morgan fingerprint density at radius 2 is 1.90 bits per heavy atom. The molecule has 0 atom stereocenters. The summed E-state index contributed by atoms with van der Waals surface area (Å²) < 4.78 is 29.2. The number of hydrogen-bond donors (Lipinski definition) is 1. The summed E-state index contributed by atoms with van der Waals surface area (Å²) in [6.07, 6.45) is 2.81. The molecule has 4 rings (SSSR count). The number of carbonyl (C=O) groups is 1. The van der Waals surface area contributed by atoms with Gasteiger partial charge in [0.25, 0.3) is 5.91 Å². The second kappa shape index (κ2) is 8.96. The Bertz CT molecular complexity index is 1040. The fourth-order valence-electron chi connectivity index (χ4n) is 3.38. The molecule has 1 amide bonds. The summed E-state index contributed by atoms with van der Waals surface area (Å²) >= 11 is 0. The normalized spacial score (nSPS) is 14.6. The molecule has 0 unspecified atom stereocenters. The van der Waals surface area contributed by atoms with Crippen LogP contribution in [0.3, 0.4) is 0 Å². The van der Waals surface area contributed by atoms with Crippen molar-refractivity contribution in [2.24, 2.45) is 0 Å². The van der Waals surface area contributed by atoms with Crippen molar-refractivity contribution in [3.63, 3.8) is 0 Å². The fraction of sp³-hybridized carbons (Fsp3) is 0.273. The van der Waals surface area contributed by atoms with Crippen LogP contribution >= 0.6 is 0 Å². The van der Waals surface area contributed by atoms with Crippen molar-refractivity contribution in [2.75, 3.05) is 26.2 Å². The number of quaternary nitrogens is 1. The highest BCUT2D eigenvalue weighted by Crippen LogP contribution is 2.10. The van der Waals surface area contributed by atoms with Crippen LogP contribution in [0.1, 0.15) is 21.9 Å². The highest BCUT2D eigenvalue weighted by molar-refractivity contribution is 5.91. The Morgan fingerprint density at radius 3 is 2.57 bits per heavy atom. The number of ether oxygens (including phenoxy) is 1. The molecule has 8 heteroatoms. The summed E-state index contributed by atoms with van der Waals surface area (Å²) in [6.45, 7) is 3.42. The summed E-state index contributed by atoms with van der Waals surface area (Å²) in [5.41, 5.74) is 0.496. The molecule has 1 aliphatic rings. The molecular formula is C22H22FN2O5+. The summed E-state index contributed by atoms with van der Waals surface area (Å²) in [5.74, 6) is 0.604. The smallest absolute Gasteiger partial charge is 0.289 e. The maximum absolute atomic E-state index is 12.9. The summed E-state index contributed by atoms with van der Waals surface area (Å²) in [4.78, 5) is 27.6. The second-order valence-corrected chi connectivity index (χ2v) is 7.19. The van der Waals surface area contributed by atoms with Crippen LogP contribution in [0, 0.1) is 5.82 Å². The molecule has 3 heterocycles. The van der Waals surface area contributed by atoms with Crippen LogP contribution in [-0.4, -0.2) is 37.0 Å². The van der Waals surface area contributed by atoms with Crippen molar-refractivity contribution in [2.45, 2.75) is 13.2 Å². The molecule has 1 saturated heterocycles. The van der Waals surface area contributed by atoms with Gasteiger partial charge in [0, 0.05) is 6.07 Å². The lowest BCUT2D eigenvalue weighted by molar-refractivity contribution is -0.918. The third-order valence-corrected chi connectivity index (χ3v) is 5.07. The zero-order chi connectivity index (χ0) is 20.9. The second-order valence-electron chi connectivity index (χ2n) is 7.19. The molecule has 1 N–H and O–H groups in total. The van der Waals surface area contributed by atoms with Crippen molar-refractivity contribution in [1.29, 1.82) is 0 Å². The molecule has 156 valence electrons. The summed E-state index contributed by atoms with van der Waals surface area (Å²) in [7, 11) is 0. The van der Waals surface area contributed by atoms with Crippen LogP contribution in [0.25, 0.3) is 0 Å². The molecule has 2 aromatic heterocycles. The Morgan fingerprint density at radius 1 is 1.13 bits per heavy atom. The van der Waals surface area contributed by atoms with E-state index in [9.17, 15) is 14.0 Å². The molecule has 0 radical (unpaired) electrons. The lowest BCUT2D eigenvalue weighted by atomic mass is 10.2. The molecule has 0 spiro atoms. The maximum Gasteiger partial charge on any atom is 0.289 e. The first-order valence-corrected chi connectivity index (χ1v) is 9.74. The quantitative estimate of drug-likeness (QED) is 0.663.